The van der Waals surface area contributed by atoms with Crippen LogP contribution in [0.1, 0.15) is 27.2 Å². The Bertz CT molecular complexity index is 1220. The van der Waals surface area contributed by atoms with Crippen molar-refractivity contribution in [3.63, 3.8) is 0 Å². The van der Waals surface area contributed by atoms with Gasteiger partial charge in [-0.1, -0.05) is 12.1 Å². The van der Waals surface area contributed by atoms with E-state index in [-0.39, 0.29) is 18.0 Å². The van der Waals surface area contributed by atoms with E-state index in [9.17, 15) is 9.59 Å². The molecule has 0 bridgehead atoms. The Morgan fingerprint density at radius 3 is 2.59 bits per heavy atom. The maximum atomic E-state index is 13.2. The summed E-state index contributed by atoms with van der Waals surface area (Å²) in [5.74, 6) is 1.04. The number of fused-ring (bicyclic) bond motifs is 1. The third-order valence-corrected chi connectivity index (χ3v) is 5.74. The van der Waals surface area contributed by atoms with Crippen LogP contribution in [0.5, 0.6) is 11.5 Å². The molecule has 3 aromatic rings. The topological polar surface area (TPSA) is 83.7 Å². The molecule has 0 fully saturated rings. The Kier molecular flexibility index (Phi) is 5.90. The number of H-pyrrole nitrogens is 1. The van der Waals surface area contributed by atoms with Gasteiger partial charge in [0.15, 0.2) is 5.75 Å². The number of likely N-dealkylation sites (N-methyl/N-ethyl adjacent to an activating group) is 1. The highest BCUT2D eigenvalue weighted by Crippen LogP contribution is 2.39. The van der Waals surface area contributed by atoms with Crippen LogP contribution in [0.3, 0.4) is 0 Å². The number of amides is 1. The molecule has 1 aliphatic heterocycles. The van der Waals surface area contributed by atoms with E-state index < -0.39 is 0 Å². The second-order valence-corrected chi connectivity index (χ2v) is 8.00. The molecule has 32 heavy (non-hydrogen) atoms. The fourth-order valence-electron chi connectivity index (χ4n) is 3.94. The number of carbonyl (C=O) groups is 1. The van der Waals surface area contributed by atoms with Crippen molar-refractivity contribution in [2.24, 2.45) is 0 Å². The van der Waals surface area contributed by atoms with Gasteiger partial charge in [0.1, 0.15) is 12.4 Å². The monoisotopic (exact) mass is 433 g/mol. The lowest BCUT2D eigenvalue weighted by Crippen LogP contribution is -2.32. The van der Waals surface area contributed by atoms with Gasteiger partial charge in [-0.3, -0.25) is 9.59 Å². The van der Waals surface area contributed by atoms with Crippen molar-refractivity contribution in [3.05, 3.63) is 75.2 Å². The van der Waals surface area contributed by atoms with Gasteiger partial charge >= 0.3 is 0 Å². The Morgan fingerprint density at radius 2 is 1.91 bits per heavy atom. The predicted molar refractivity (Wildman–Crippen MR) is 125 cm³/mol. The summed E-state index contributed by atoms with van der Waals surface area (Å²) in [4.78, 5) is 30.4. The van der Waals surface area contributed by atoms with Gasteiger partial charge in [0.2, 0.25) is 0 Å². The first-order valence-electron chi connectivity index (χ1n) is 10.5. The van der Waals surface area contributed by atoms with Crippen molar-refractivity contribution < 1.29 is 14.3 Å². The minimum atomic E-state index is -0.286. The molecule has 166 valence electrons. The SMILES string of the molecule is COc1ccc(-c2cc(C(=O)NCc3c(C)cc(C)[nH]c3=O)c3c(c2)N(C)CCO3)cc1. The number of aromatic amines is 1. The van der Waals surface area contributed by atoms with E-state index in [2.05, 4.69) is 15.2 Å². The number of aryl methyl sites for hydroxylation is 2. The van der Waals surface area contributed by atoms with Gasteiger partial charge in [-0.15, -0.1) is 0 Å². The van der Waals surface area contributed by atoms with Crippen molar-refractivity contribution in [1.82, 2.24) is 10.3 Å². The molecule has 0 saturated carbocycles. The van der Waals surface area contributed by atoms with Crippen LogP contribution in [0.4, 0.5) is 5.69 Å². The molecule has 4 rings (SSSR count). The molecule has 7 heteroatoms. The number of ether oxygens (including phenoxy) is 2. The second-order valence-electron chi connectivity index (χ2n) is 8.00. The summed E-state index contributed by atoms with van der Waals surface area (Å²) in [6.45, 7) is 5.08. The molecule has 7 nitrogen and oxygen atoms in total. The molecule has 0 radical (unpaired) electrons. The highest BCUT2D eigenvalue weighted by Gasteiger charge is 2.24. The Balaban J connectivity index is 1.69. The van der Waals surface area contributed by atoms with Crippen molar-refractivity contribution in [2.45, 2.75) is 20.4 Å². The normalized spacial score (nSPS) is 12.7. The number of rotatable bonds is 5. The predicted octanol–water partition coefficient (Wildman–Crippen LogP) is 3.43. The lowest BCUT2D eigenvalue weighted by Gasteiger charge is -2.30. The fourth-order valence-corrected chi connectivity index (χ4v) is 3.94. The van der Waals surface area contributed by atoms with Crippen LogP contribution in [0.15, 0.2) is 47.3 Å². The van der Waals surface area contributed by atoms with Crippen LogP contribution < -0.4 is 25.2 Å². The zero-order valence-corrected chi connectivity index (χ0v) is 18.7. The number of methoxy groups -OCH3 is 1. The van der Waals surface area contributed by atoms with E-state index >= 15 is 0 Å². The number of nitrogens with zero attached hydrogens (tertiary/aromatic N) is 1. The first kappa shape index (κ1) is 21.5. The zero-order valence-electron chi connectivity index (χ0n) is 18.7. The highest BCUT2D eigenvalue weighted by atomic mass is 16.5. The highest BCUT2D eigenvalue weighted by molar-refractivity contribution is 6.00. The summed E-state index contributed by atoms with van der Waals surface area (Å²) < 4.78 is 11.2. The molecular weight excluding hydrogens is 406 g/mol. The summed E-state index contributed by atoms with van der Waals surface area (Å²) in [6.07, 6.45) is 0. The molecule has 1 aromatic heterocycles. The molecule has 1 amide bonds. The first-order chi connectivity index (χ1) is 15.4. The minimum Gasteiger partial charge on any atom is -0.497 e. The van der Waals surface area contributed by atoms with E-state index in [4.69, 9.17) is 9.47 Å². The lowest BCUT2D eigenvalue weighted by atomic mass is 9.99. The summed E-state index contributed by atoms with van der Waals surface area (Å²) in [6, 6.07) is 13.5. The number of pyridine rings is 1. The number of hydrogen-bond acceptors (Lipinski definition) is 5. The lowest BCUT2D eigenvalue weighted by molar-refractivity contribution is 0.0946. The Labute approximate surface area is 187 Å². The molecule has 0 saturated heterocycles. The standard InChI is InChI=1S/C25H27N3O4/c1-15-11-16(2)27-25(30)21(15)14-26-24(29)20-12-18(17-5-7-19(31-4)8-6-17)13-22-23(20)32-10-9-28(22)3/h5-8,11-13H,9-10,14H2,1-4H3,(H,26,29)(H,27,30). The van der Waals surface area contributed by atoms with Gasteiger partial charge in [0.25, 0.3) is 11.5 Å². The Hall–Kier alpha value is -3.74. The summed E-state index contributed by atoms with van der Waals surface area (Å²) in [5, 5.41) is 2.90. The molecule has 0 unspecified atom stereocenters. The third-order valence-electron chi connectivity index (χ3n) is 5.74. The largest absolute Gasteiger partial charge is 0.497 e. The summed E-state index contributed by atoms with van der Waals surface area (Å²) in [7, 11) is 3.61. The zero-order chi connectivity index (χ0) is 22.8. The first-order valence-corrected chi connectivity index (χ1v) is 10.5. The number of nitrogens with one attached hydrogen (secondary N) is 2. The van der Waals surface area contributed by atoms with Crippen LogP contribution >= 0.6 is 0 Å². The van der Waals surface area contributed by atoms with Gasteiger partial charge in [-0.25, -0.2) is 0 Å². The molecule has 2 N–H and O–H groups in total. The van der Waals surface area contributed by atoms with Crippen LogP contribution in [-0.2, 0) is 6.54 Å². The number of aromatic nitrogens is 1. The summed E-state index contributed by atoms with van der Waals surface area (Å²) in [5.41, 5.74) is 5.16. The number of anilines is 1. The second kappa shape index (κ2) is 8.78. The van der Waals surface area contributed by atoms with E-state index in [1.165, 1.54) is 0 Å². The number of hydrogen-bond donors (Lipinski definition) is 2. The number of carbonyl (C=O) groups excluding carboxylic acids is 1. The van der Waals surface area contributed by atoms with Gasteiger partial charge in [-0.2, -0.15) is 0 Å². The van der Waals surface area contributed by atoms with Crippen molar-refractivity contribution >= 4 is 11.6 Å². The maximum Gasteiger partial charge on any atom is 0.255 e. The third kappa shape index (κ3) is 4.19. The van der Waals surface area contributed by atoms with Crippen LogP contribution in [0.2, 0.25) is 0 Å². The molecule has 0 spiro atoms. The minimum absolute atomic E-state index is 0.137. The van der Waals surface area contributed by atoms with Gasteiger partial charge < -0.3 is 24.7 Å². The quantitative estimate of drug-likeness (QED) is 0.644. The van der Waals surface area contributed by atoms with Crippen LogP contribution in [-0.4, -0.2) is 38.2 Å². The van der Waals surface area contributed by atoms with E-state index in [0.29, 0.717) is 23.5 Å². The number of benzene rings is 2. The van der Waals surface area contributed by atoms with E-state index in [1.807, 2.05) is 63.4 Å². The van der Waals surface area contributed by atoms with Gasteiger partial charge in [0.05, 0.1) is 24.9 Å². The average Bonchev–Trinajstić information content (AvgIpc) is 2.78. The fraction of sp³-hybridized carbons (Fsp3) is 0.280. The van der Waals surface area contributed by atoms with E-state index in [1.54, 1.807) is 7.11 Å². The Morgan fingerprint density at radius 1 is 1.16 bits per heavy atom. The molecule has 0 atom stereocenters. The van der Waals surface area contributed by atoms with Crippen LogP contribution in [0, 0.1) is 13.8 Å². The summed E-state index contributed by atoms with van der Waals surface area (Å²) >= 11 is 0. The van der Waals surface area contributed by atoms with Gasteiger partial charge in [0, 0.05) is 24.8 Å². The smallest absolute Gasteiger partial charge is 0.255 e. The van der Waals surface area contributed by atoms with Crippen LogP contribution in [0.25, 0.3) is 11.1 Å². The maximum absolute atomic E-state index is 13.2. The van der Waals surface area contributed by atoms with Crippen molar-refractivity contribution in [1.29, 1.82) is 0 Å². The van der Waals surface area contributed by atoms with Crippen molar-refractivity contribution in [3.8, 4) is 22.6 Å². The molecular formula is C25H27N3O4. The van der Waals surface area contributed by atoms with E-state index in [0.717, 1.165) is 40.4 Å². The van der Waals surface area contributed by atoms with Crippen molar-refractivity contribution in [2.75, 3.05) is 32.2 Å². The molecule has 2 heterocycles. The molecule has 1 aliphatic rings. The molecule has 2 aromatic carbocycles. The average molecular weight is 434 g/mol. The molecule has 0 aliphatic carbocycles. The van der Waals surface area contributed by atoms with Gasteiger partial charge in [-0.05, 0) is 60.9 Å².